The second-order valence-corrected chi connectivity index (χ2v) is 11.5. The Morgan fingerprint density at radius 3 is 2.78 bits per heavy atom. The molecule has 5 aliphatic rings. The molecule has 0 N–H and O–H groups in total. The Morgan fingerprint density at radius 1 is 1.15 bits per heavy atom. The minimum atomic E-state index is 0.229. The number of allylic oxidation sites excluding steroid dienone is 2. The van der Waals surface area contributed by atoms with Crippen molar-refractivity contribution in [3.05, 3.63) is 11.6 Å². The van der Waals surface area contributed by atoms with E-state index < -0.39 is 0 Å². The van der Waals surface area contributed by atoms with Crippen LogP contribution in [-0.4, -0.2) is 5.78 Å². The molecule has 1 spiro atoms. The summed E-state index contributed by atoms with van der Waals surface area (Å²) in [4.78, 5) is 12.1. The van der Waals surface area contributed by atoms with Gasteiger partial charge in [0.2, 0.25) is 0 Å². The van der Waals surface area contributed by atoms with Crippen molar-refractivity contribution in [2.45, 2.75) is 91.4 Å². The molecule has 1 nitrogen and oxygen atoms in total. The van der Waals surface area contributed by atoms with Gasteiger partial charge in [0.05, 0.1) is 0 Å². The Kier molecular flexibility index (Phi) is 4.60. The van der Waals surface area contributed by atoms with Gasteiger partial charge in [0.25, 0.3) is 0 Å². The number of ketones is 1. The molecule has 8 atom stereocenters. The highest BCUT2D eigenvalue weighted by molar-refractivity contribution is 5.80. The maximum absolute atomic E-state index is 12.1. The van der Waals surface area contributed by atoms with E-state index in [4.69, 9.17) is 0 Å². The van der Waals surface area contributed by atoms with Crippen LogP contribution in [0, 0.1) is 52.8 Å². The maximum atomic E-state index is 12.1. The molecule has 5 aliphatic carbocycles. The summed E-state index contributed by atoms with van der Waals surface area (Å²) in [6, 6.07) is 0. The van der Waals surface area contributed by atoms with Gasteiger partial charge in [-0.05, 0) is 111 Å². The molecule has 4 saturated carbocycles. The zero-order valence-corrected chi connectivity index (χ0v) is 17.9. The molecule has 1 heteroatoms. The highest BCUT2D eigenvalue weighted by Gasteiger charge is 2.64. The van der Waals surface area contributed by atoms with E-state index in [9.17, 15) is 4.79 Å². The van der Waals surface area contributed by atoms with E-state index >= 15 is 0 Å². The number of carbonyl (C=O) groups is 1. The Labute approximate surface area is 166 Å². The molecule has 4 fully saturated rings. The lowest BCUT2D eigenvalue weighted by atomic mass is 9.43. The minimum absolute atomic E-state index is 0.229. The van der Waals surface area contributed by atoms with Crippen LogP contribution in [0.2, 0.25) is 0 Å². The van der Waals surface area contributed by atoms with Gasteiger partial charge < -0.3 is 0 Å². The van der Waals surface area contributed by atoms with E-state index in [-0.39, 0.29) is 5.92 Å². The van der Waals surface area contributed by atoms with E-state index in [2.05, 4.69) is 26.8 Å². The van der Waals surface area contributed by atoms with Crippen molar-refractivity contribution in [3.63, 3.8) is 0 Å². The molecule has 5 rings (SSSR count). The first-order valence-electron chi connectivity index (χ1n) is 12.2. The number of carbonyl (C=O) groups excluding carboxylic acids is 1. The van der Waals surface area contributed by atoms with Crippen LogP contribution in [0.5, 0.6) is 0 Å². The van der Waals surface area contributed by atoms with Crippen molar-refractivity contribution in [1.82, 2.24) is 0 Å². The average molecular weight is 369 g/mol. The lowest BCUT2D eigenvalue weighted by Crippen LogP contribution is -2.54. The van der Waals surface area contributed by atoms with Crippen LogP contribution in [0.25, 0.3) is 0 Å². The van der Waals surface area contributed by atoms with Crippen LogP contribution in [-0.2, 0) is 4.79 Å². The predicted octanol–water partition coefficient (Wildman–Crippen LogP) is 6.82. The number of fused-ring (bicyclic) bond motifs is 4. The van der Waals surface area contributed by atoms with Crippen molar-refractivity contribution in [2.75, 3.05) is 0 Å². The van der Waals surface area contributed by atoms with Crippen LogP contribution >= 0.6 is 0 Å². The third kappa shape index (κ3) is 2.81. The predicted molar refractivity (Wildman–Crippen MR) is 111 cm³/mol. The van der Waals surface area contributed by atoms with Crippen molar-refractivity contribution in [1.29, 1.82) is 0 Å². The molecule has 5 unspecified atom stereocenters. The van der Waals surface area contributed by atoms with Gasteiger partial charge in [-0.15, -0.1) is 0 Å². The lowest BCUT2D eigenvalue weighted by Gasteiger charge is -2.62. The summed E-state index contributed by atoms with van der Waals surface area (Å²) >= 11 is 0. The average Bonchev–Trinajstić information content (AvgIpc) is 2.94. The Bertz CT molecular complexity index is 630. The fourth-order valence-corrected chi connectivity index (χ4v) is 8.81. The van der Waals surface area contributed by atoms with Crippen molar-refractivity contribution < 1.29 is 4.79 Å². The quantitative estimate of drug-likeness (QED) is 0.498. The molecule has 0 radical (unpaired) electrons. The number of Topliss-reactive ketones (excluding diaryl/α,β-unsaturated/α-hetero) is 1. The Hall–Kier alpha value is -0.590. The summed E-state index contributed by atoms with van der Waals surface area (Å²) < 4.78 is 0. The normalized spacial score (nSPS) is 48.0. The number of hydrogen-bond donors (Lipinski definition) is 0. The first-order chi connectivity index (χ1) is 13.0. The zero-order valence-electron chi connectivity index (χ0n) is 17.9. The molecule has 0 aromatic carbocycles. The first-order valence-corrected chi connectivity index (χ1v) is 12.2. The SMILES string of the molecule is CC(C)C(=O)CC[C@H]1C[C@]23CCC4C5=CC[C@@H](C)CC5CCC4C2CCC13. The molecule has 0 aromatic heterocycles. The van der Waals surface area contributed by atoms with Gasteiger partial charge in [0.1, 0.15) is 5.78 Å². The van der Waals surface area contributed by atoms with Crippen LogP contribution in [0.15, 0.2) is 11.6 Å². The monoisotopic (exact) mass is 368 g/mol. The van der Waals surface area contributed by atoms with Crippen LogP contribution in [0.3, 0.4) is 0 Å². The maximum Gasteiger partial charge on any atom is 0.135 e. The topological polar surface area (TPSA) is 17.1 Å². The molecule has 27 heavy (non-hydrogen) atoms. The second-order valence-electron chi connectivity index (χ2n) is 11.5. The molecule has 0 bridgehead atoms. The molecule has 150 valence electrons. The summed E-state index contributed by atoms with van der Waals surface area (Å²) in [6.07, 6.45) is 18.0. The van der Waals surface area contributed by atoms with Gasteiger partial charge in [0.15, 0.2) is 0 Å². The summed E-state index contributed by atoms with van der Waals surface area (Å²) in [5.41, 5.74) is 2.63. The van der Waals surface area contributed by atoms with Gasteiger partial charge in [-0.2, -0.15) is 0 Å². The van der Waals surface area contributed by atoms with Gasteiger partial charge in [-0.1, -0.05) is 32.4 Å². The van der Waals surface area contributed by atoms with Crippen LogP contribution in [0.4, 0.5) is 0 Å². The van der Waals surface area contributed by atoms with Crippen molar-refractivity contribution in [3.8, 4) is 0 Å². The van der Waals surface area contributed by atoms with Crippen molar-refractivity contribution >= 4 is 5.78 Å². The van der Waals surface area contributed by atoms with Gasteiger partial charge in [-0.25, -0.2) is 0 Å². The van der Waals surface area contributed by atoms with Gasteiger partial charge in [0, 0.05) is 12.3 Å². The van der Waals surface area contributed by atoms with E-state index in [1.54, 1.807) is 0 Å². The molecule has 0 aromatic rings. The molecular weight excluding hydrogens is 328 g/mol. The number of rotatable bonds is 4. The van der Waals surface area contributed by atoms with Gasteiger partial charge in [-0.3, -0.25) is 4.79 Å². The molecule has 0 aliphatic heterocycles. The van der Waals surface area contributed by atoms with Gasteiger partial charge >= 0.3 is 0 Å². The van der Waals surface area contributed by atoms with E-state index in [0.29, 0.717) is 11.2 Å². The Balaban J connectivity index is 1.27. The zero-order chi connectivity index (χ0) is 18.8. The third-order valence-electron chi connectivity index (χ3n) is 10.0. The molecule has 0 amide bonds. The van der Waals surface area contributed by atoms with Crippen LogP contribution in [0.1, 0.15) is 91.4 Å². The van der Waals surface area contributed by atoms with E-state index in [0.717, 1.165) is 47.8 Å². The van der Waals surface area contributed by atoms with Crippen LogP contribution < -0.4 is 0 Å². The van der Waals surface area contributed by atoms with E-state index in [1.165, 1.54) is 64.2 Å². The molecule has 0 saturated heterocycles. The lowest BCUT2D eigenvalue weighted by molar-refractivity contribution is -0.127. The highest BCUT2D eigenvalue weighted by Crippen LogP contribution is 2.73. The fourth-order valence-electron chi connectivity index (χ4n) is 8.81. The Morgan fingerprint density at radius 2 is 1.96 bits per heavy atom. The summed E-state index contributed by atoms with van der Waals surface area (Å²) in [5, 5.41) is 0. The largest absolute Gasteiger partial charge is 0.299 e. The standard InChI is InChI=1S/C26H40O/c1-16(2)25(27)11-6-19-15-26-13-12-21-20-7-4-17(3)14-18(20)5-8-22(21)24(26)10-9-23(19)26/h7,16-19,21-24H,4-6,8-15H2,1-3H3/t17-,18?,19+,21?,22?,23?,24?,26+/m1/s1. The number of hydrogen-bond acceptors (Lipinski definition) is 1. The molecule has 0 heterocycles. The summed E-state index contributed by atoms with van der Waals surface area (Å²) in [6.45, 7) is 6.58. The summed E-state index contributed by atoms with van der Waals surface area (Å²) in [7, 11) is 0. The summed E-state index contributed by atoms with van der Waals surface area (Å²) in [5.74, 6) is 7.42. The third-order valence-corrected chi connectivity index (χ3v) is 10.0. The fraction of sp³-hybridized carbons (Fsp3) is 0.885. The smallest absolute Gasteiger partial charge is 0.135 e. The second kappa shape index (κ2) is 6.74. The van der Waals surface area contributed by atoms with E-state index in [1.807, 2.05) is 5.57 Å². The molecular formula is C26H40O. The van der Waals surface area contributed by atoms with Crippen molar-refractivity contribution in [2.24, 2.45) is 52.8 Å². The first kappa shape index (κ1) is 18.4. The minimum Gasteiger partial charge on any atom is -0.299 e. The highest BCUT2D eigenvalue weighted by atomic mass is 16.1.